The fourth-order valence-electron chi connectivity index (χ4n) is 3.47. The van der Waals surface area contributed by atoms with Gasteiger partial charge >= 0.3 is 0 Å². The fourth-order valence-corrected chi connectivity index (χ4v) is 4.69. The van der Waals surface area contributed by atoms with Crippen molar-refractivity contribution in [2.45, 2.75) is 18.8 Å². The first-order valence-corrected chi connectivity index (χ1v) is 10.4. The maximum absolute atomic E-state index is 13.0. The summed E-state index contributed by atoms with van der Waals surface area (Å²) in [6, 6.07) is 19.1. The van der Waals surface area contributed by atoms with Gasteiger partial charge in [-0.3, -0.25) is 4.79 Å². The largest absolute Gasteiger partial charge is 0.397 e. The average molecular weight is 405 g/mol. The van der Waals surface area contributed by atoms with Gasteiger partial charge in [0.1, 0.15) is 9.71 Å². The van der Waals surface area contributed by atoms with Crippen molar-refractivity contribution in [2.75, 3.05) is 5.73 Å². The summed E-state index contributed by atoms with van der Waals surface area (Å²) in [4.78, 5) is 19.3. The minimum atomic E-state index is -0.0591. The normalized spacial score (nSPS) is 13.8. The maximum Gasteiger partial charge on any atom is 0.205 e. The average Bonchev–Trinajstić information content (AvgIpc) is 3.52. The molecule has 2 aromatic carbocycles. The summed E-state index contributed by atoms with van der Waals surface area (Å²) in [5.41, 5.74) is 10.8. The standard InChI is InChI=1S/C23H17ClN2OS/c24-16-10-8-13(9-11-16)17-12-18(14-6-7-14)26-23-19(17)20(25)22(28-23)21(27)15-4-2-1-3-5-15/h1-5,8-12,14H,6-7,25H2. The number of carbonyl (C=O) groups is 1. The summed E-state index contributed by atoms with van der Waals surface area (Å²) >= 11 is 7.46. The molecule has 0 amide bonds. The summed E-state index contributed by atoms with van der Waals surface area (Å²) in [5.74, 6) is 0.447. The van der Waals surface area contributed by atoms with E-state index >= 15 is 0 Å². The molecule has 5 heteroatoms. The van der Waals surface area contributed by atoms with Crippen molar-refractivity contribution in [3.05, 3.63) is 81.8 Å². The SMILES string of the molecule is Nc1c(C(=O)c2ccccc2)sc2nc(C3CC3)cc(-c3ccc(Cl)cc3)c12. The van der Waals surface area contributed by atoms with Gasteiger partial charge in [-0.2, -0.15) is 0 Å². The van der Waals surface area contributed by atoms with Gasteiger partial charge in [0.15, 0.2) is 0 Å². The van der Waals surface area contributed by atoms with Crippen molar-refractivity contribution in [2.24, 2.45) is 0 Å². The van der Waals surface area contributed by atoms with Crippen LogP contribution in [0.3, 0.4) is 0 Å². The predicted molar refractivity (Wildman–Crippen MR) is 116 cm³/mol. The highest BCUT2D eigenvalue weighted by atomic mass is 35.5. The van der Waals surface area contributed by atoms with Gasteiger partial charge in [-0.1, -0.05) is 54.1 Å². The van der Waals surface area contributed by atoms with Crippen LogP contribution in [0.2, 0.25) is 5.02 Å². The monoisotopic (exact) mass is 404 g/mol. The van der Waals surface area contributed by atoms with Crippen LogP contribution in [0.25, 0.3) is 21.3 Å². The zero-order valence-corrected chi connectivity index (χ0v) is 16.6. The Morgan fingerprint density at radius 3 is 2.46 bits per heavy atom. The van der Waals surface area contributed by atoms with Gasteiger partial charge in [0.05, 0.1) is 5.69 Å². The van der Waals surface area contributed by atoms with Gasteiger partial charge < -0.3 is 5.73 Å². The van der Waals surface area contributed by atoms with E-state index in [1.807, 2.05) is 54.6 Å². The van der Waals surface area contributed by atoms with Gasteiger partial charge in [0.25, 0.3) is 0 Å². The Hall–Kier alpha value is -2.69. The molecule has 1 aliphatic rings. The first kappa shape index (κ1) is 17.4. The molecule has 4 aromatic rings. The van der Waals surface area contributed by atoms with Gasteiger partial charge in [0.2, 0.25) is 5.78 Å². The van der Waals surface area contributed by atoms with Gasteiger partial charge in [0, 0.05) is 27.6 Å². The van der Waals surface area contributed by atoms with E-state index in [0.29, 0.717) is 27.1 Å². The van der Waals surface area contributed by atoms with Gasteiger partial charge in [-0.05, 0) is 42.2 Å². The summed E-state index contributed by atoms with van der Waals surface area (Å²) in [6.45, 7) is 0. The smallest absolute Gasteiger partial charge is 0.205 e. The van der Waals surface area contributed by atoms with Crippen molar-refractivity contribution < 1.29 is 4.79 Å². The number of anilines is 1. The molecule has 3 nitrogen and oxygen atoms in total. The number of nitrogens with two attached hydrogens (primary N) is 1. The molecule has 138 valence electrons. The van der Waals surface area contributed by atoms with Crippen LogP contribution in [0.5, 0.6) is 0 Å². The van der Waals surface area contributed by atoms with E-state index in [9.17, 15) is 4.79 Å². The van der Waals surface area contributed by atoms with E-state index in [1.165, 1.54) is 11.3 Å². The number of hydrogen-bond acceptors (Lipinski definition) is 4. The number of fused-ring (bicyclic) bond motifs is 1. The second-order valence-electron chi connectivity index (χ2n) is 7.10. The van der Waals surface area contributed by atoms with E-state index < -0.39 is 0 Å². The van der Waals surface area contributed by atoms with Crippen LogP contribution >= 0.6 is 22.9 Å². The molecule has 0 bridgehead atoms. The third-order valence-electron chi connectivity index (χ3n) is 5.11. The topological polar surface area (TPSA) is 56.0 Å². The Balaban J connectivity index is 1.73. The highest BCUT2D eigenvalue weighted by Gasteiger charge is 2.28. The fraction of sp³-hybridized carbons (Fsp3) is 0.130. The molecule has 0 spiro atoms. The Labute approximate surface area is 171 Å². The number of thiophene rings is 1. The highest BCUT2D eigenvalue weighted by Crippen LogP contribution is 2.45. The molecule has 1 aliphatic carbocycles. The number of hydrogen-bond donors (Lipinski definition) is 1. The van der Waals surface area contributed by atoms with Crippen molar-refractivity contribution >= 4 is 44.6 Å². The summed E-state index contributed by atoms with van der Waals surface area (Å²) in [5, 5.41) is 1.55. The van der Waals surface area contributed by atoms with E-state index in [0.717, 1.165) is 39.9 Å². The van der Waals surface area contributed by atoms with Crippen molar-refractivity contribution in [1.82, 2.24) is 4.98 Å². The molecule has 2 N–H and O–H groups in total. The number of nitrogen functional groups attached to an aromatic ring is 1. The lowest BCUT2D eigenvalue weighted by Crippen LogP contribution is -2.01. The quantitative estimate of drug-likeness (QED) is 0.405. The molecule has 0 radical (unpaired) electrons. The molecule has 2 aromatic heterocycles. The molecular formula is C23H17ClN2OS. The molecule has 28 heavy (non-hydrogen) atoms. The van der Waals surface area contributed by atoms with E-state index in [-0.39, 0.29) is 5.78 Å². The first-order valence-electron chi connectivity index (χ1n) is 9.20. The van der Waals surface area contributed by atoms with Crippen molar-refractivity contribution in [3.8, 4) is 11.1 Å². The molecule has 0 atom stereocenters. The van der Waals surface area contributed by atoms with Crippen LogP contribution < -0.4 is 5.73 Å². The number of carbonyl (C=O) groups excluding carboxylic acids is 1. The van der Waals surface area contributed by atoms with Crippen LogP contribution in [0, 0.1) is 0 Å². The summed E-state index contributed by atoms with van der Waals surface area (Å²) in [7, 11) is 0. The van der Waals surface area contributed by atoms with Gasteiger partial charge in [-0.15, -0.1) is 11.3 Å². The minimum Gasteiger partial charge on any atom is -0.397 e. The molecule has 5 rings (SSSR count). The molecule has 0 saturated heterocycles. The van der Waals surface area contributed by atoms with Crippen molar-refractivity contribution in [3.63, 3.8) is 0 Å². The number of halogens is 1. The second-order valence-corrected chi connectivity index (χ2v) is 8.53. The third kappa shape index (κ3) is 2.99. The Bertz CT molecular complexity index is 1190. The van der Waals surface area contributed by atoms with Crippen LogP contribution in [-0.4, -0.2) is 10.8 Å². The summed E-state index contributed by atoms with van der Waals surface area (Å²) < 4.78 is 0. The number of pyridine rings is 1. The zero-order chi connectivity index (χ0) is 19.3. The minimum absolute atomic E-state index is 0.0591. The zero-order valence-electron chi connectivity index (χ0n) is 15.0. The molecular weight excluding hydrogens is 388 g/mol. The Morgan fingerprint density at radius 2 is 1.79 bits per heavy atom. The predicted octanol–water partition coefficient (Wildman–Crippen LogP) is 6.31. The first-order chi connectivity index (χ1) is 13.6. The third-order valence-corrected chi connectivity index (χ3v) is 6.46. The summed E-state index contributed by atoms with van der Waals surface area (Å²) in [6.07, 6.45) is 2.32. The van der Waals surface area contributed by atoms with Crippen LogP contribution in [-0.2, 0) is 0 Å². The number of nitrogens with zero attached hydrogens (tertiary/aromatic N) is 1. The van der Waals surface area contributed by atoms with E-state index in [1.54, 1.807) is 0 Å². The van der Waals surface area contributed by atoms with Crippen LogP contribution in [0.4, 0.5) is 5.69 Å². The van der Waals surface area contributed by atoms with E-state index in [2.05, 4.69) is 6.07 Å². The van der Waals surface area contributed by atoms with Crippen molar-refractivity contribution in [1.29, 1.82) is 0 Å². The Morgan fingerprint density at radius 1 is 1.07 bits per heavy atom. The number of benzene rings is 2. The van der Waals surface area contributed by atoms with Gasteiger partial charge in [-0.25, -0.2) is 4.98 Å². The lowest BCUT2D eigenvalue weighted by atomic mass is 9.99. The number of rotatable bonds is 4. The number of aromatic nitrogens is 1. The molecule has 0 unspecified atom stereocenters. The lowest BCUT2D eigenvalue weighted by molar-refractivity contribution is 0.104. The van der Waals surface area contributed by atoms with E-state index in [4.69, 9.17) is 22.3 Å². The lowest BCUT2D eigenvalue weighted by Gasteiger charge is -2.08. The van der Waals surface area contributed by atoms with Crippen LogP contribution in [0.15, 0.2) is 60.7 Å². The molecule has 1 saturated carbocycles. The highest BCUT2D eigenvalue weighted by molar-refractivity contribution is 7.21. The number of ketones is 1. The Kier molecular flexibility index (Phi) is 4.18. The molecule has 2 heterocycles. The molecule has 1 fully saturated rings. The second kappa shape index (κ2) is 6.73. The van der Waals surface area contributed by atoms with Crippen LogP contribution in [0.1, 0.15) is 39.7 Å². The molecule has 0 aliphatic heterocycles. The maximum atomic E-state index is 13.0.